The second kappa shape index (κ2) is 6.02. The first-order chi connectivity index (χ1) is 9.83. The third kappa shape index (κ3) is 2.97. The zero-order valence-electron chi connectivity index (χ0n) is 10.5. The highest BCUT2D eigenvalue weighted by Crippen LogP contribution is 2.23. The molecule has 0 spiro atoms. The van der Waals surface area contributed by atoms with Gasteiger partial charge in [0.15, 0.2) is 10.8 Å². The molecule has 0 aliphatic heterocycles. The molecule has 20 heavy (non-hydrogen) atoms. The number of furan rings is 1. The minimum Gasteiger partial charge on any atom is -0.462 e. The van der Waals surface area contributed by atoms with Gasteiger partial charge in [-0.25, -0.2) is 4.98 Å². The Morgan fingerprint density at radius 3 is 3.00 bits per heavy atom. The van der Waals surface area contributed by atoms with Crippen LogP contribution in [0.2, 0.25) is 0 Å². The number of carbonyl (C=O) groups excluding carboxylic acids is 1. The van der Waals surface area contributed by atoms with E-state index in [1.165, 1.54) is 16.2 Å². The third-order valence-electron chi connectivity index (χ3n) is 2.71. The molecular formula is C14H12N2O2S2. The van der Waals surface area contributed by atoms with Gasteiger partial charge in [-0.15, -0.1) is 22.7 Å². The number of hydrogen-bond donors (Lipinski definition) is 1. The van der Waals surface area contributed by atoms with Gasteiger partial charge >= 0.3 is 0 Å². The molecule has 4 nitrogen and oxygen atoms in total. The molecule has 0 aromatic carbocycles. The van der Waals surface area contributed by atoms with Crippen LogP contribution < -0.4 is 5.32 Å². The number of rotatable bonds is 5. The number of thiazole rings is 1. The summed E-state index contributed by atoms with van der Waals surface area (Å²) in [6, 6.07) is 7.71. The lowest BCUT2D eigenvalue weighted by Crippen LogP contribution is -2.25. The van der Waals surface area contributed by atoms with Crippen molar-refractivity contribution in [2.24, 2.45) is 0 Å². The molecular weight excluding hydrogens is 292 g/mol. The van der Waals surface area contributed by atoms with Gasteiger partial charge in [0, 0.05) is 16.8 Å². The quantitative estimate of drug-likeness (QED) is 0.785. The maximum atomic E-state index is 12.0. The summed E-state index contributed by atoms with van der Waals surface area (Å²) in [5.74, 6) is 0.545. The zero-order chi connectivity index (χ0) is 13.8. The molecule has 0 radical (unpaired) electrons. The van der Waals surface area contributed by atoms with Gasteiger partial charge < -0.3 is 9.73 Å². The van der Waals surface area contributed by atoms with Gasteiger partial charge in [0.2, 0.25) is 0 Å². The Kier molecular flexibility index (Phi) is 3.94. The van der Waals surface area contributed by atoms with Crippen molar-refractivity contribution >= 4 is 28.6 Å². The summed E-state index contributed by atoms with van der Waals surface area (Å²) >= 11 is 3.10. The lowest BCUT2D eigenvalue weighted by molar-refractivity contribution is 0.0950. The molecule has 1 N–H and O–H groups in total. The van der Waals surface area contributed by atoms with Crippen molar-refractivity contribution in [1.29, 1.82) is 0 Å². The molecule has 1 amide bonds. The molecule has 0 aliphatic carbocycles. The summed E-state index contributed by atoms with van der Waals surface area (Å²) in [5, 5.41) is 7.38. The topological polar surface area (TPSA) is 55.1 Å². The summed E-state index contributed by atoms with van der Waals surface area (Å²) in [6.07, 6.45) is 2.44. The first kappa shape index (κ1) is 13.1. The Labute approximate surface area is 124 Å². The highest BCUT2D eigenvalue weighted by molar-refractivity contribution is 7.13. The highest BCUT2D eigenvalue weighted by Gasteiger charge is 2.12. The summed E-state index contributed by atoms with van der Waals surface area (Å²) in [4.78, 5) is 17.5. The number of amides is 1. The minimum absolute atomic E-state index is 0.143. The van der Waals surface area contributed by atoms with E-state index in [9.17, 15) is 4.79 Å². The predicted octanol–water partition coefficient (Wildman–Crippen LogP) is 3.44. The van der Waals surface area contributed by atoms with Crippen LogP contribution in [0.3, 0.4) is 0 Å². The molecule has 0 fully saturated rings. The third-order valence-corrected chi connectivity index (χ3v) is 4.50. The van der Waals surface area contributed by atoms with E-state index in [0.717, 1.165) is 11.4 Å². The van der Waals surface area contributed by atoms with E-state index in [-0.39, 0.29) is 5.91 Å². The SMILES string of the molecule is O=C(NCCc1cccs1)c1csc(-c2ccco2)n1. The predicted molar refractivity (Wildman–Crippen MR) is 80.2 cm³/mol. The number of nitrogens with zero attached hydrogens (tertiary/aromatic N) is 1. The standard InChI is InChI=1S/C14H12N2O2S2/c17-13(15-6-5-10-3-2-8-19-10)11-9-20-14(16-11)12-4-1-7-18-12/h1-4,7-9H,5-6H2,(H,15,17). The van der Waals surface area contributed by atoms with Crippen LogP contribution in [0, 0.1) is 0 Å². The second-order valence-electron chi connectivity index (χ2n) is 4.10. The van der Waals surface area contributed by atoms with Crippen molar-refractivity contribution < 1.29 is 9.21 Å². The van der Waals surface area contributed by atoms with E-state index in [1.807, 2.05) is 17.5 Å². The summed E-state index contributed by atoms with van der Waals surface area (Å²) in [6.45, 7) is 0.618. The van der Waals surface area contributed by atoms with Crippen LogP contribution in [-0.4, -0.2) is 17.4 Å². The average molecular weight is 304 g/mol. The summed E-state index contributed by atoms with van der Waals surface area (Å²) in [5.41, 5.74) is 0.438. The Hall–Kier alpha value is -1.92. The van der Waals surface area contributed by atoms with Crippen LogP contribution in [-0.2, 0) is 6.42 Å². The molecule has 0 aliphatic rings. The molecule has 0 bridgehead atoms. The second-order valence-corrected chi connectivity index (χ2v) is 5.99. The number of hydrogen-bond acceptors (Lipinski definition) is 5. The molecule has 6 heteroatoms. The zero-order valence-corrected chi connectivity index (χ0v) is 12.2. The van der Waals surface area contributed by atoms with Gasteiger partial charge in [-0.1, -0.05) is 6.07 Å². The molecule has 3 heterocycles. The van der Waals surface area contributed by atoms with Gasteiger partial charge in [-0.05, 0) is 30.0 Å². The smallest absolute Gasteiger partial charge is 0.270 e. The lowest BCUT2D eigenvalue weighted by atomic mass is 10.3. The first-order valence-electron chi connectivity index (χ1n) is 6.13. The van der Waals surface area contributed by atoms with Gasteiger partial charge in [-0.2, -0.15) is 0 Å². The molecule has 0 atom stereocenters. The van der Waals surface area contributed by atoms with Gasteiger partial charge in [0.1, 0.15) is 5.69 Å². The van der Waals surface area contributed by atoms with Crippen LogP contribution in [0.5, 0.6) is 0 Å². The number of nitrogens with one attached hydrogen (secondary N) is 1. The molecule has 102 valence electrons. The first-order valence-corrected chi connectivity index (χ1v) is 7.89. The van der Waals surface area contributed by atoms with Crippen molar-refractivity contribution in [2.45, 2.75) is 6.42 Å². The highest BCUT2D eigenvalue weighted by atomic mass is 32.1. The van der Waals surface area contributed by atoms with E-state index < -0.39 is 0 Å². The molecule has 0 saturated heterocycles. The van der Waals surface area contributed by atoms with Crippen molar-refractivity contribution in [3.05, 3.63) is 51.9 Å². The fraction of sp³-hybridized carbons (Fsp3) is 0.143. The van der Waals surface area contributed by atoms with E-state index in [2.05, 4.69) is 16.4 Å². The van der Waals surface area contributed by atoms with Crippen molar-refractivity contribution in [3.63, 3.8) is 0 Å². The largest absolute Gasteiger partial charge is 0.462 e. The fourth-order valence-electron chi connectivity index (χ4n) is 1.74. The van der Waals surface area contributed by atoms with E-state index in [0.29, 0.717) is 18.0 Å². The number of thiophene rings is 1. The Balaban J connectivity index is 1.57. The van der Waals surface area contributed by atoms with Gasteiger partial charge in [0.05, 0.1) is 6.26 Å². The number of carbonyl (C=O) groups is 1. The van der Waals surface area contributed by atoms with E-state index >= 15 is 0 Å². The van der Waals surface area contributed by atoms with Crippen molar-refractivity contribution in [2.75, 3.05) is 6.54 Å². The molecule has 3 aromatic rings. The summed E-state index contributed by atoms with van der Waals surface area (Å²) < 4.78 is 5.26. The maximum Gasteiger partial charge on any atom is 0.270 e. The monoisotopic (exact) mass is 304 g/mol. The molecule has 0 saturated carbocycles. The van der Waals surface area contributed by atoms with E-state index in [1.54, 1.807) is 29.0 Å². The van der Waals surface area contributed by atoms with Crippen molar-refractivity contribution in [1.82, 2.24) is 10.3 Å². The average Bonchev–Trinajstić information content (AvgIpc) is 3.20. The Morgan fingerprint density at radius 1 is 1.30 bits per heavy atom. The maximum absolute atomic E-state index is 12.0. The van der Waals surface area contributed by atoms with Crippen LogP contribution in [0.1, 0.15) is 15.4 Å². The van der Waals surface area contributed by atoms with Gasteiger partial charge in [0.25, 0.3) is 5.91 Å². The van der Waals surface area contributed by atoms with Gasteiger partial charge in [-0.3, -0.25) is 4.79 Å². The normalized spacial score (nSPS) is 10.6. The van der Waals surface area contributed by atoms with Crippen LogP contribution in [0.4, 0.5) is 0 Å². The van der Waals surface area contributed by atoms with Crippen LogP contribution in [0.25, 0.3) is 10.8 Å². The molecule has 3 rings (SSSR count). The van der Waals surface area contributed by atoms with Crippen molar-refractivity contribution in [3.8, 4) is 10.8 Å². The lowest BCUT2D eigenvalue weighted by Gasteiger charge is -2.01. The molecule has 0 unspecified atom stereocenters. The van der Waals surface area contributed by atoms with E-state index in [4.69, 9.17) is 4.42 Å². The Morgan fingerprint density at radius 2 is 2.25 bits per heavy atom. The minimum atomic E-state index is -0.143. The fourth-order valence-corrected chi connectivity index (χ4v) is 3.21. The number of aromatic nitrogens is 1. The summed E-state index contributed by atoms with van der Waals surface area (Å²) in [7, 11) is 0. The molecule has 3 aromatic heterocycles. The van der Waals surface area contributed by atoms with Crippen LogP contribution >= 0.6 is 22.7 Å². The van der Waals surface area contributed by atoms with Crippen LogP contribution in [0.15, 0.2) is 45.7 Å². The Bertz CT molecular complexity index is 672.